The third kappa shape index (κ3) is 9.26. The molecule has 0 radical (unpaired) electrons. The van der Waals surface area contributed by atoms with E-state index in [2.05, 4.69) is 51.5 Å². The fourth-order valence-electron chi connectivity index (χ4n) is 5.53. The molecule has 1 aromatic carbocycles. The molecule has 1 heterocycles. The number of ether oxygens (including phenoxy) is 1. The average molecular weight is 543 g/mol. The molecule has 1 aliphatic rings. The lowest BCUT2D eigenvalue weighted by Crippen LogP contribution is -2.37. The molecular weight excluding hydrogens is 491 g/mol. The third-order valence-corrected chi connectivity index (χ3v) is 9.39. The zero-order valence-corrected chi connectivity index (χ0v) is 25.8. The van der Waals surface area contributed by atoms with Gasteiger partial charge in [-0.15, -0.1) is 0 Å². The Hall–Kier alpha value is -0.680. The summed E-state index contributed by atoms with van der Waals surface area (Å²) in [5.74, 6) is 3.72. The van der Waals surface area contributed by atoms with Crippen molar-refractivity contribution in [2.24, 2.45) is 17.8 Å². The van der Waals surface area contributed by atoms with Crippen LogP contribution in [0.3, 0.4) is 0 Å². The van der Waals surface area contributed by atoms with Crippen LogP contribution < -0.4 is 9.26 Å². The Kier molecular flexibility index (Phi) is 12.2. The SMILES string of the molecule is Cc1c(C)c2c(c(C)c1OP(=O)(O)OS)CCC(C)(CCCC(C)CCCC(C)CCCC(C)C)O2. The molecule has 4 atom stereocenters. The van der Waals surface area contributed by atoms with Gasteiger partial charge in [0.25, 0.3) is 0 Å². The Balaban J connectivity index is 1.87. The van der Waals surface area contributed by atoms with Crippen molar-refractivity contribution in [1.82, 2.24) is 0 Å². The van der Waals surface area contributed by atoms with Crippen molar-refractivity contribution in [3.05, 3.63) is 22.3 Å². The topological polar surface area (TPSA) is 65.0 Å². The van der Waals surface area contributed by atoms with E-state index in [0.717, 1.165) is 65.0 Å². The molecule has 0 aromatic heterocycles. The predicted octanol–water partition coefficient (Wildman–Crippen LogP) is 9.48. The second kappa shape index (κ2) is 13.9. The number of rotatable bonds is 15. The number of fused-ring (bicyclic) bond motifs is 1. The van der Waals surface area contributed by atoms with Crippen LogP contribution in [0.5, 0.6) is 11.5 Å². The molecule has 1 aromatic rings. The lowest BCUT2D eigenvalue weighted by Gasteiger charge is -2.38. The molecule has 5 nitrogen and oxygen atoms in total. The van der Waals surface area contributed by atoms with Crippen LogP contribution in [0.15, 0.2) is 0 Å². The fraction of sp³-hybridized carbons (Fsp3) is 0.793. The Morgan fingerprint density at radius 1 is 0.944 bits per heavy atom. The van der Waals surface area contributed by atoms with E-state index >= 15 is 0 Å². The second-order valence-electron chi connectivity index (χ2n) is 12.1. The van der Waals surface area contributed by atoms with Crippen LogP contribution in [-0.2, 0) is 15.0 Å². The van der Waals surface area contributed by atoms with Crippen molar-refractivity contribution >= 4 is 20.7 Å². The minimum Gasteiger partial charge on any atom is -0.487 e. The predicted molar refractivity (Wildman–Crippen MR) is 153 cm³/mol. The monoisotopic (exact) mass is 542 g/mol. The summed E-state index contributed by atoms with van der Waals surface area (Å²) in [6.07, 6.45) is 13.3. The minimum atomic E-state index is -4.25. The lowest BCUT2D eigenvalue weighted by atomic mass is 9.84. The zero-order chi connectivity index (χ0) is 27.1. The van der Waals surface area contributed by atoms with E-state index in [9.17, 15) is 9.46 Å². The standard InChI is InChI=1S/C29H51O5PS/c1-20(2)12-9-13-21(3)14-10-15-22(4)16-11-18-29(8)19-17-26-25(7)27(33-35(30,31)34-36)23(5)24(6)28(26)32-29/h20-22,36H,9-19H2,1-8H3,(H,30,31). The van der Waals surface area contributed by atoms with Crippen LogP contribution in [0.2, 0.25) is 0 Å². The first-order valence-corrected chi connectivity index (χ1v) is 15.8. The van der Waals surface area contributed by atoms with Crippen LogP contribution >= 0.6 is 20.7 Å². The van der Waals surface area contributed by atoms with E-state index in [0.29, 0.717) is 5.75 Å². The summed E-state index contributed by atoms with van der Waals surface area (Å²) in [4.78, 5) is 9.78. The van der Waals surface area contributed by atoms with E-state index in [1.807, 2.05) is 20.8 Å². The minimum absolute atomic E-state index is 0.190. The van der Waals surface area contributed by atoms with Gasteiger partial charge in [-0.1, -0.05) is 72.6 Å². The molecule has 0 saturated heterocycles. The van der Waals surface area contributed by atoms with Gasteiger partial charge in [0, 0.05) is 5.56 Å². The molecule has 0 fully saturated rings. The molecule has 0 aliphatic carbocycles. The molecule has 36 heavy (non-hydrogen) atoms. The van der Waals surface area contributed by atoms with E-state index in [1.165, 1.54) is 51.4 Å². The highest BCUT2D eigenvalue weighted by molar-refractivity contribution is 7.80. The van der Waals surface area contributed by atoms with Crippen LogP contribution in [0, 0.1) is 38.5 Å². The normalized spacial score (nSPS) is 21.0. The second-order valence-corrected chi connectivity index (χ2v) is 13.8. The van der Waals surface area contributed by atoms with E-state index in [1.54, 1.807) is 0 Å². The van der Waals surface area contributed by atoms with Crippen LogP contribution in [-0.4, -0.2) is 10.5 Å². The van der Waals surface area contributed by atoms with Crippen LogP contribution in [0.1, 0.15) is 121 Å². The summed E-state index contributed by atoms with van der Waals surface area (Å²) >= 11 is 3.48. The average Bonchev–Trinajstić information content (AvgIpc) is 2.80. The van der Waals surface area contributed by atoms with Gasteiger partial charge in [-0.05, 0) is 101 Å². The van der Waals surface area contributed by atoms with Gasteiger partial charge >= 0.3 is 7.82 Å². The molecule has 0 bridgehead atoms. The number of hydrogen-bond donors (Lipinski definition) is 2. The van der Waals surface area contributed by atoms with Crippen molar-refractivity contribution in [3.8, 4) is 11.5 Å². The summed E-state index contributed by atoms with van der Waals surface area (Å²) in [5, 5.41) is 0. The summed E-state index contributed by atoms with van der Waals surface area (Å²) in [6, 6.07) is 0. The molecule has 1 aliphatic heterocycles. The van der Waals surface area contributed by atoms with Gasteiger partial charge in [-0.2, -0.15) is 0 Å². The van der Waals surface area contributed by atoms with Gasteiger partial charge in [0.15, 0.2) is 0 Å². The highest BCUT2D eigenvalue weighted by Crippen LogP contribution is 2.51. The molecular formula is C29H51O5PS. The Morgan fingerprint density at radius 3 is 2.06 bits per heavy atom. The molecule has 0 amide bonds. The summed E-state index contributed by atoms with van der Waals surface area (Å²) in [6.45, 7) is 17.5. The van der Waals surface area contributed by atoms with Gasteiger partial charge in [0.05, 0.1) is 0 Å². The summed E-state index contributed by atoms with van der Waals surface area (Å²) in [5.41, 5.74) is 3.45. The highest BCUT2D eigenvalue weighted by Gasteiger charge is 2.35. The maximum Gasteiger partial charge on any atom is 0.538 e. The van der Waals surface area contributed by atoms with Crippen LogP contribution in [0.25, 0.3) is 0 Å². The number of phosphoric acid groups is 1. The quantitative estimate of drug-likeness (QED) is 0.131. The number of benzene rings is 1. The van der Waals surface area contributed by atoms with Crippen molar-refractivity contribution in [2.45, 2.75) is 132 Å². The first-order valence-electron chi connectivity index (χ1n) is 14.0. The molecule has 2 rings (SSSR count). The number of hydrogen-bond acceptors (Lipinski definition) is 5. The smallest absolute Gasteiger partial charge is 0.487 e. The van der Waals surface area contributed by atoms with Gasteiger partial charge in [0.2, 0.25) is 0 Å². The molecule has 208 valence electrons. The van der Waals surface area contributed by atoms with Gasteiger partial charge in [-0.3, -0.25) is 4.89 Å². The Labute approximate surface area is 226 Å². The van der Waals surface area contributed by atoms with Crippen molar-refractivity contribution in [1.29, 1.82) is 0 Å². The summed E-state index contributed by atoms with van der Waals surface area (Å²) < 4.78 is 28.3. The Bertz CT molecular complexity index is 902. The van der Waals surface area contributed by atoms with Crippen LogP contribution in [0.4, 0.5) is 0 Å². The number of phosphoric ester groups is 1. The maximum absolute atomic E-state index is 12.0. The highest BCUT2D eigenvalue weighted by atomic mass is 32.1. The molecule has 7 heteroatoms. The number of thiol groups is 1. The zero-order valence-electron chi connectivity index (χ0n) is 24.0. The Morgan fingerprint density at radius 2 is 1.50 bits per heavy atom. The van der Waals surface area contributed by atoms with Gasteiger partial charge in [-0.25, -0.2) is 8.54 Å². The molecule has 1 N–H and O–H groups in total. The largest absolute Gasteiger partial charge is 0.538 e. The van der Waals surface area contributed by atoms with E-state index in [4.69, 9.17) is 9.26 Å². The van der Waals surface area contributed by atoms with Gasteiger partial charge in [0.1, 0.15) is 17.1 Å². The summed E-state index contributed by atoms with van der Waals surface area (Å²) in [7, 11) is -4.25. The molecule has 0 saturated carbocycles. The lowest BCUT2D eigenvalue weighted by molar-refractivity contribution is 0.0512. The van der Waals surface area contributed by atoms with Crippen molar-refractivity contribution in [3.63, 3.8) is 0 Å². The first-order chi connectivity index (χ1) is 16.8. The molecule has 4 unspecified atom stereocenters. The third-order valence-electron chi connectivity index (χ3n) is 8.15. The van der Waals surface area contributed by atoms with Crippen molar-refractivity contribution < 1.29 is 22.7 Å². The van der Waals surface area contributed by atoms with E-state index < -0.39 is 7.82 Å². The van der Waals surface area contributed by atoms with E-state index in [-0.39, 0.29) is 5.60 Å². The molecule has 0 spiro atoms. The van der Waals surface area contributed by atoms with Crippen molar-refractivity contribution in [2.75, 3.05) is 0 Å². The first kappa shape index (κ1) is 31.5. The van der Waals surface area contributed by atoms with Gasteiger partial charge < -0.3 is 9.26 Å². The fourth-order valence-corrected chi connectivity index (χ4v) is 6.17. The maximum atomic E-state index is 12.0.